The largest absolute Gasteiger partial charge is 0.383 e. The lowest BCUT2D eigenvalue weighted by Gasteiger charge is -2.16. The Bertz CT molecular complexity index is 549. The SMILES string of the molecule is CCCCCCC(C)Nc1cccc(-n2nnnc2C)c1. The van der Waals surface area contributed by atoms with Gasteiger partial charge < -0.3 is 5.32 Å². The van der Waals surface area contributed by atoms with Crippen LogP contribution in [0.15, 0.2) is 24.3 Å². The highest BCUT2D eigenvalue weighted by Gasteiger charge is 2.06. The summed E-state index contributed by atoms with van der Waals surface area (Å²) in [4.78, 5) is 0. The number of unbranched alkanes of at least 4 members (excludes halogenated alkanes) is 3. The second kappa shape index (κ2) is 7.76. The van der Waals surface area contributed by atoms with Gasteiger partial charge in [-0.15, -0.1) is 5.10 Å². The smallest absolute Gasteiger partial charge is 0.153 e. The summed E-state index contributed by atoms with van der Waals surface area (Å²) >= 11 is 0. The molecule has 114 valence electrons. The van der Waals surface area contributed by atoms with Crippen LogP contribution in [0.3, 0.4) is 0 Å². The number of nitrogens with one attached hydrogen (secondary N) is 1. The molecule has 1 atom stereocenters. The molecule has 5 heteroatoms. The monoisotopic (exact) mass is 287 g/mol. The Morgan fingerprint density at radius 3 is 2.81 bits per heavy atom. The van der Waals surface area contributed by atoms with Crippen LogP contribution in [0.2, 0.25) is 0 Å². The predicted octanol–water partition coefficient (Wildman–Crippen LogP) is 3.74. The van der Waals surface area contributed by atoms with Gasteiger partial charge in [0.25, 0.3) is 0 Å². The normalized spacial score (nSPS) is 12.3. The number of hydrogen-bond donors (Lipinski definition) is 1. The van der Waals surface area contributed by atoms with E-state index in [1.54, 1.807) is 4.68 Å². The fourth-order valence-corrected chi connectivity index (χ4v) is 2.43. The van der Waals surface area contributed by atoms with E-state index in [1.165, 1.54) is 32.1 Å². The molecule has 0 aliphatic carbocycles. The van der Waals surface area contributed by atoms with Crippen molar-refractivity contribution in [1.82, 2.24) is 20.2 Å². The second-order valence-corrected chi connectivity index (χ2v) is 5.58. The predicted molar refractivity (Wildman–Crippen MR) is 85.7 cm³/mol. The summed E-state index contributed by atoms with van der Waals surface area (Å²) in [6.45, 7) is 6.38. The van der Waals surface area contributed by atoms with Gasteiger partial charge in [-0.05, 0) is 48.9 Å². The molecule has 2 aromatic rings. The average molecular weight is 287 g/mol. The van der Waals surface area contributed by atoms with E-state index in [1.807, 2.05) is 19.1 Å². The molecule has 1 heterocycles. The summed E-state index contributed by atoms with van der Waals surface area (Å²) < 4.78 is 1.75. The average Bonchev–Trinajstić information content (AvgIpc) is 2.90. The van der Waals surface area contributed by atoms with E-state index in [0.717, 1.165) is 17.2 Å². The van der Waals surface area contributed by atoms with Gasteiger partial charge in [0.2, 0.25) is 0 Å². The quantitative estimate of drug-likeness (QED) is 0.751. The lowest BCUT2D eigenvalue weighted by Crippen LogP contribution is -2.15. The van der Waals surface area contributed by atoms with Crippen LogP contribution in [-0.4, -0.2) is 26.2 Å². The third kappa shape index (κ3) is 4.55. The van der Waals surface area contributed by atoms with Crippen molar-refractivity contribution in [3.8, 4) is 5.69 Å². The number of benzene rings is 1. The standard InChI is InChI=1S/C16H25N5/c1-4-5-6-7-9-13(2)17-15-10-8-11-16(12-15)21-14(3)18-19-20-21/h8,10-13,17H,4-7,9H2,1-3H3. The molecule has 2 rings (SSSR count). The van der Waals surface area contributed by atoms with Gasteiger partial charge in [-0.2, -0.15) is 4.68 Å². The lowest BCUT2D eigenvalue weighted by atomic mass is 10.1. The molecule has 0 saturated heterocycles. The molecule has 0 bridgehead atoms. The number of hydrogen-bond acceptors (Lipinski definition) is 4. The van der Waals surface area contributed by atoms with Crippen molar-refractivity contribution in [2.24, 2.45) is 0 Å². The maximum Gasteiger partial charge on any atom is 0.153 e. The number of nitrogens with zero attached hydrogens (tertiary/aromatic N) is 4. The molecule has 0 amide bonds. The number of anilines is 1. The molecule has 0 fully saturated rings. The Morgan fingerprint density at radius 2 is 2.10 bits per heavy atom. The Kier molecular flexibility index (Phi) is 5.72. The summed E-state index contributed by atoms with van der Waals surface area (Å²) in [5.41, 5.74) is 2.10. The molecular formula is C16H25N5. The van der Waals surface area contributed by atoms with Crippen LogP contribution in [0.25, 0.3) is 5.69 Å². The molecule has 1 aromatic heterocycles. The Morgan fingerprint density at radius 1 is 1.24 bits per heavy atom. The summed E-state index contributed by atoms with van der Waals surface area (Å²) in [7, 11) is 0. The highest BCUT2D eigenvalue weighted by Crippen LogP contribution is 2.17. The summed E-state index contributed by atoms with van der Waals surface area (Å²) in [6.07, 6.45) is 6.43. The van der Waals surface area contributed by atoms with E-state index in [-0.39, 0.29) is 0 Å². The molecule has 1 aromatic carbocycles. The van der Waals surface area contributed by atoms with Crippen LogP contribution in [-0.2, 0) is 0 Å². The molecular weight excluding hydrogens is 262 g/mol. The molecule has 0 aliphatic rings. The molecule has 0 saturated carbocycles. The zero-order valence-corrected chi connectivity index (χ0v) is 13.2. The van der Waals surface area contributed by atoms with Crippen molar-refractivity contribution < 1.29 is 0 Å². The first-order valence-corrected chi connectivity index (χ1v) is 7.82. The van der Waals surface area contributed by atoms with Crippen LogP contribution in [0.4, 0.5) is 5.69 Å². The van der Waals surface area contributed by atoms with Gasteiger partial charge in [-0.1, -0.05) is 38.7 Å². The molecule has 0 aliphatic heterocycles. The minimum absolute atomic E-state index is 0.479. The first-order valence-electron chi connectivity index (χ1n) is 7.82. The Labute approximate surface area is 126 Å². The minimum atomic E-state index is 0.479. The van der Waals surface area contributed by atoms with E-state index in [9.17, 15) is 0 Å². The topological polar surface area (TPSA) is 55.6 Å². The minimum Gasteiger partial charge on any atom is -0.383 e. The summed E-state index contributed by atoms with van der Waals surface area (Å²) in [5, 5.41) is 15.2. The summed E-state index contributed by atoms with van der Waals surface area (Å²) in [5.74, 6) is 0.791. The maximum atomic E-state index is 4.00. The van der Waals surface area contributed by atoms with Crippen molar-refractivity contribution in [2.75, 3.05) is 5.32 Å². The van der Waals surface area contributed by atoms with E-state index in [0.29, 0.717) is 6.04 Å². The third-order valence-electron chi connectivity index (χ3n) is 3.62. The van der Waals surface area contributed by atoms with Crippen molar-refractivity contribution in [3.63, 3.8) is 0 Å². The highest BCUT2D eigenvalue weighted by atomic mass is 15.5. The zero-order valence-electron chi connectivity index (χ0n) is 13.2. The molecule has 1 N–H and O–H groups in total. The van der Waals surface area contributed by atoms with Gasteiger partial charge in [-0.3, -0.25) is 0 Å². The zero-order chi connectivity index (χ0) is 15.1. The Balaban J connectivity index is 1.94. The maximum absolute atomic E-state index is 4.00. The van der Waals surface area contributed by atoms with Crippen molar-refractivity contribution in [3.05, 3.63) is 30.1 Å². The molecule has 21 heavy (non-hydrogen) atoms. The van der Waals surface area contributed by atoms with E-state index in [2.05, 4.69) is 46.8 Å². The van der Waals surface area contributed by atoms with Gasteiger partial charge in [0, 0.05) is 11.7 Å². The van der Waals surface area contributed by atoms with Gasteiger partial charge in [0.1, 0.15) is 0 Å². The lowest BCUT2D eigenvalue weighted by molar-refractivity contribution is 0.594. The number of tetrazole rings is 1. The van der Waals surface area contributed by atoms with Crippen LogP contribution >= 0.6 is 0 Å². The number of aryl methyl sites for hydroxylation is 1. The fourth-order valence-electron chi connectivity index (χ4n) is 2.43. The van der Waals surface area contributed by atoms with Crippen molar-refractivity contribution in [1.29, 1.82) is 0 Å². The van der Waals surface area contributed by atoms with Crippen LogP contribution in [0.1, 0.15) is 51.8 Å². The van der Waals surface area contributed by atoms with Gasteiger partial charge in [0.05, 0.1) is 5.69 Å². The first kappa shape index (κ1) is 15.5. The van der Waals surface area contributed by atoms with Crippen molar-refractivity contribution >= 4 is 5.69 Å². The summed E-state index contributed by atoms with van der Waals surface area (Å²) in [6, 6.07) is 8.70. The van der Waals surface area contributed by atoms with Crippen LogP contribution < -0.4 is 5.32 Å². The molecule has 0 spiro atoms. The van der Waals surface area contributed by atoms with Crippen molar-refractivity contribution in [2.45, 2.75) is 58.9 Å². The van der Waals surface area contributed by atoms with E-state index >= 15 is 0 Å². The van der Waals surface area contributed by atoms with Gasteiger partial charge in [-0.25, -0.2) is 0 Å². The van der Waals surface area contributed by atoms with Gasteiger partial charge >= 0.3 is 0 Å². The number of rotatable bonds is 8. The van der Waals surface area contributed by atoms with E-state index in [4.69, 9.17) is 0 Å². The molecule has 0 radical (unpaired) electrons. The Hall–Kier alpha value is -1.91. The number of aromatic nitrogens is 4. The van der Waals surface area contributed by atoms with Crippen LogP contribution in [0.5, 0.6) is 0 Å². The molecule has 5 nitrogen and oxygen atoms in total. The second-order valence-electron chi connectivity index (χ2n) is 5.58. The fraction of sp³-hybridized carbons (Fsp3) is 0.562. The first-order chi connectivity index (χ1) is 10.2. The molecule has 1 unspecified atom stereocenters. The third-order valence-corrected chi connectivity index (χ3v) is 3.62. The highest BCUT2D eigenvalue weighted by molar-refractivity contribution is 5.51. The van der Waals surface area contributed by atoms with Gasteiger partial charge in [0.15, 0.2) is 5.82 Å². The van der Waals surface area contributed by atoms with Crippen LogP contribution in [0, 0.1) is 6.92 Å². The van der Waals surface area contributed by atoms with E-state index < -0.39 is 0 Å².